The number of phenolic OH excluding ortho intramolecular Hbond substituents is 1. The van der Waals surface area contributed by atoms with Crippen molar-refractivity contribution in [2.75, 3.05) is 24.0 Å². The maximum Gasteiger partial charge on any atom is 0.326 e. The van der Waals surface area contributed by atoms with Crippen LogP contribution >= 0.6 is 23.5 Å². The second-order valence-corrected chi connectivity index (χ2v) is 11.2. The summed E-state index contributed by atoms with van der Waals surface area (Å²) in [7, 11) is 0. The Hall–Kier alpha value is -3.22. The van der Waals surface area contributed by atoms with Gasteiger partial charge in [0.1, 0.15) is 23.9 Å². The first kappa shape index (κ1) is 33.0. The Morgan fingerprint density at radius 1 is 0.725 bits per heavy atom. The number of carboxylic acids is 1. The van der Waals surface area contributed by atoms with Crippen molar-refractivity contribution < 1.29 is 29.4 Å². The van der Waals surface area contributed by atoms with Crippen LogP contribution in [-0.4, -0.2) is 82.1 Å². The summed E-state index contributed by atoms with van der Waals surface area (Å²) in [6, 6.07) is 11.4. The lowest BCUT2D eigenvalue weighted by molar-refractivity contribution is -0.142. The Labute approximate surface area is 243 Å². The van der Waals surface area contributed by atoms with Crippen LogP contribution < -0.4 is 21.7 Å². The van der Waals surface area contributed by atoms with Crippen molar-refractivity contribution in [2.24, 2.45) is 5.73 Å². The molecule has 2 aromatic carbocycles. The molecule has 0 saturated heterocycles. The number of aliphatic carboxylic acids is 1. The molecule has 12 heteroatoms. The number of nitrogens with one attached hydrogen (secondary N) is 3. The van der Waals surface area contributed by atoms with Gasteiger partial charge >= 0.3 is 5.97 Å². The van der Waals surface area contributed by atoms with Crippen molar-refractivity contribution in [3.8, 4) is 5.75 Å². The fourth-order valence-corrected chi connectivity index (χ4v) is 4.80. The standard InChI is InChI=1S/C28H38N4O6S2/c1-39-14-12-22(26(35)31-23(28(37)38)13-15-40-2)30-27(36)24(17-18-6-4-3-5-7-18)32-25(34)21(29)16-19-8-10-20(33)11-9-19/h3-11,21-24,33H,12-17,29H2,1-2H3,(H,30,36)(H,31,35)(H,32,34)(H,37,38). The number of amides is 3. The van der Waals surface area contributed by atoms with Crippen LogP contribution in [0.4, 0.5) is 0 Å². The quantitative estimate of drug-likeness (QED) is 0.160. The number of carbonyl (C=O) groups excluding carboxylic acids is 3. The summed E-state index contributed by atoms with van der Waals surface area (Å²) in [5.41, 5.74) is 7.67. The van der Waals surface area contributed by atoms with Gasteiger partial charge < -0.3 is 31.9 Å². The predicted molar refractivity (Wildman–Crippen MR) is 159 cm³/mol. The fourth-order valence-electron chi connectivity index (χ4n) is 3.86. The van der Waals surface area contributed by atoms with Crippen LogP contribution in [0, 0.1) is 0 Å². The second kappa shape index (κ2) is 17.5. The van der Waals surface area contributed by atoms with Crippen LogP contribution in [0.1, 0.15) is 24.0 Å². The summed E-state index contributed by atoms with van der Waals surface area (Å²) >= 11 is 2.96. The van der Waals surface area contributed by atoms with E-state index in [-0.39, 0.29) is 31.4 Å². The molecule has 0 aliphatic carbocycles. The van der Waals surface area contributed by atoms with Gasteiger partial charge in [-0.2, -0.15) is 23.5 Å². The highest BCUT2D eigenvalue weighted by Crippen LogP contribution is 2.12. The van der Waals surface area contributed by atoms with Crippen molar-refractivity contribution in [1.29, 1.82) is 0 Å². The molecule has 0 fully saturated rings. The molecule has 0 aromatic heterocycles. The van der Waals surface area contributed by atoms with Gasteiger partial charge in [0.15, 0.2) is 0 Å². The van der Waals surface area contributed by atoms with E-state index in [1.54, 1.807) is 12.1 Å². The topological polar surface area (TPSA) is 171 Å². The lowest BCUT2D eigenvalue weighted by Crippen LogP contribution is -2.58. The molecule has 3 amide bonds. The maximum atomic E-state index is 13.5. The Morgan fingerprint density at radius 2 is 1.23 bits per heavy atom. The molecule has 0 saturated carbocycles. The first-order valence-electron chi connectivity index (χ1n) is 12.8. The molecule has 0 aliphatic rings. The molecule has 218 valence electrons. The monoisotopic (exact) mass is 590 g/mol. The van der Waals surface area contributed by atoms with Gasteiger partial charge in [-0.05, 0) is 66.5 Å². The van der Waals surface area contributed by atoms with E-state index in [0.29, 0.717) is 11.5 Å². The molecular weight excluding hydrogens is 552 g/mol. The highest BCUT2D eigenvalue weighted by molar-refractivity contribution is 7.98. The second-order valence-electron chi connectivity index (χ2n) is 9.25. The number of carbonyl (C=O) groups is 4. The molecule has 40 heavy (non-hydrogen) atoms. The van der Waals surface area contributed by atoms with Crippen LogP contribution in [0.15, 0.2) is 54.6 Å². The van der Waals surface area contributed by atoms with Gasteiger partial charge in [-0.25, -0.2) is 4.79 Å². The SMILES string of the molecule is CSCCC(NC(=O)C(CCSC)NC(=O)C(Cc1ccccc1)NC(=O)C(N)Cc1ccc(O)cc1)C(=O)O. The zero-order valence-electron chi connectivity index (χ0n) is 22.7. The van der Waals surface area contributed by atoms with Crippen LogP contribution in [0.3, 0.4) is 0 Å². The highest BCUT2D eigenvalue weighted by atomic mass is 32.2. The molecule has 4 unspecified atom stereocenters. The summed E-state index contributed by atoms with van der Waals surface area (Å²) in [4.78, 5) is 51.2. The zero-order valence-corrected chi connectivity index (χ0v) is 24.3. The van der Waals surface area contributed by atoms with Crippen molar-refractivity contribution >= 4 is 47.2 Å². The Morgan fingerprint density at radius 3 is 1.80 bits per heavy atom. The lowest BCUT2D eigenvalue weighted by Gasteiger charge is -2.25. The summed E-state index contributed by atoms with van der Waals surface area (Å²) in [6.45, 7) is 0. The van der Waals surface area contributed by atoms with E-state index in [9.17, 15) is 29.4 Å². The molecule has 0 radical (unpaired) electrons. The number of thioether (sulfide) groups is 2. The summed E-state index contributed by atoms with van der Waals surface area (Å²) < 4.78 is 0. The largest absolute Gasteiger partial charge is 0.508 e. The third kappa shape index (κ3) is 11.5. The Kier molecular flexibility index (Phi) is 14.4. The van der Waals surface area contributed by atoms with E-state index in [2.05, 4.69) is 16.0 Å². The molecule has 10 nitrogen and oxygen atoms in total. The smallest absolute Gasteiger partial charge is 0.326 e. The van der Waals surface area contributed by atoms with Gasteiger partial charge in [0.05, 0.1) is 6.04 Å². The van der Waals surface area contributed by atoms with E-state index in [1.165, 1.54) is 35.7 Å². The predicted octanol–water partition coefficient (Wildman–Crippen LogP) is 1.55. The van der Waals surface area contributed by atoms with Crippen molar-refractivity contribution in [3.05, 3.63) is 65.7 Å². The minimum absolute atomic E-state index is 0.0976. The molecule has 4 atom stereocenters. The summed E-state index contributed by atoms with van der Waals surface area (Å²) in [5.74, 6) is -1.66. The van der Waals surface area contributed by atoms with E-state index in [4.69, 9.17) is 5.73 Å². The lowest BCUT2D eigenvalue weighted by atomic mass is 10.0. The van der Waals surface area contributed by atoms with Gasteiger partial charge in [-0.3, -0.25) is 14.4 Å². The normalized spacial score (nSPS) is 13.9. The summed E-state index contributed by atoms with van der Waals surface area (Å²) in [6.07, 6.45) is 4.59. The minimum Gasteiger partial charge on any atom is -0.508 e. The highest BCUT2D eigenvalue weighted by Gasteiger charge is 2.30. The van der Waals surface area contributed by atoms with Gasteiger partial charge in [0, 0.05) is 6.42 Å². The number of benzene rings is 2. The van der Waals surface area contributed by atoms with Gasteiger partial charge in [-0.15, -0.1) is 0 Å². The number of aromatic hydroxyl groups is 1. The molecule has 2 aromatic rings. The molecule has 0 spiro atoms. The molecule has 0 heterocycles. The van der Waals surface area contributed by atoms with Crippen molar-refractivity contribution in [2.45, 2.75) is 49.9 Å². The number of phenols is 1. The van der Waals surface area contributed by atoms with Crippen LogP contribution in [0.2, 0.25) is 0 Å². The number of nitrogens with two attached hydrogens (primary N) is 1. The first-order chi connectivity index (χ1) is 19.1. The third-order valence-electron chi connectivity index (χ3n) is 6.11. The van der Waals surface area contributed by atoms with Crippen LogP contribution in [0.25, 0.3) is 0 Å². The van der Waals surface area contributed by atoms with Crippen molar-refractivity contribution in [3.63, 3.8) is 0 Å². The van der Waals surface area contributed by atoms with Crippen LogP contribution in [0.5, 0.6) is 5.75 Å². The molecular formula is C28H38N4O6S2. The van der Waals surface area contributed by atoms with Gasteiger partial charge in [0.25, 0.3) is 0 Å². The van der Waals surface area contributed by atoms with Gasteiger partial charge in [0.2, 0.25) is 17.7 Å². The maximum absolute atomic E-state index is 13.5. The average Bonchev–Trinajstić information content (AvgIpc) is 2.94. The molecule has 2 rings (SSSR count). The van der Waals surface area contributed by atoms with Gasteiger partial charge in [-0.1, -0.05) is 42.5 Å². The molecule has 0 aliphatic heterocycles. The summed E-state index contributed by atoms with van der Waals surface area (Å²) in [5, 5.41) is 27.0. The number of hydrogen-bond donors (Lipinski definition) is 6. The van der Waals surface area contributed by atoms with Crippen LogP contribution in [-0.2, 0) is 32.0 Å². The average molecular weight is 591 g/mol. The third-order valence-corrected chi connectivity index (χ3v) is 7.40. The Bertz CT molecular complexity index is 1100. The number of hydrogen-bond acceptors (Lipinski definition) is 8. The number of carboxylic acid groups (broad SMARTS) is 1. The zero-order chi connectivity index (χ0) is 29.5. The molecule has 0 bridgehead atoms. The van der Waals surface area contributed by atoms with Crippen molar-refractivity contribution in [1.82, 2.24) is 16.0 Å². The number of rotatable bonds is 17. The first-order valence-corrected chi connectivity index (χ1v) is 15.6. The van der Waals surface area contributed by atoms with E-state index < -0.39 is 47.9 Å². The Balaban J connectivity index is 2.18. The van der Waals surface area contributed by atoms with E-state index in [0.717, 1.165) is 11.1 Å². The minimum atomic E-state index is -1.14. The fraction of sp³-hybridized carbons (Fsp3) is 0.429. The van der Waals surface area contributed by atoms with E-state index in [1.807, 2.05) is 42.8 Å². The molecule has 7 N–H and O–H groups in total. The van der Waals surface area contributed by atoms with E-state index >= 15 is 0 Å².